The summed E-state index contributed by atoms with van der Waals surface area (Å²) in [6, 6.07) is 15.2. The monoisotopic (exact) mass is 1520 g/mol. The smallest absolute Gasteiger partial charge is 0.246 e. The van der Waals surface area contributed by atoms with Crippen molar-refractivity contribution in [2.75, 3.05) is 53.2 Å². The first-order valence-corrected chi connectivity index (χ1v) is 34.6. The molecule has 10 rings (SSSR count). The van der Waals surface area contributed by atoms with Gasteiger partial charge in [0, 0.05) is 12.3 Å². The quantitative estimate of drug-likeness (QED) is 0.0310. The molecule has 590 valence electrons. The van der Waals surface area contributed by atoms with Crippen LogP contribution in [0.4, 0.5) is 0 Å². The number of methoxy groups -OCH3 is 1. The van der Waals surface area contributed by atoms with Gasteiger partial charge in [-0.15, -0.1) is 0 Å². The molecule has 6 heterocycles. The number of guanidine groups is 2. The number of hydrogen-bond donors (Lipinski definition) is 22. The van der Waals surface area contributed by atoms with Crippen LogP contribution in [0.5, 0.6) is 17.2 Å². The first-order chi connectivity index (χ1) is 51.7. The van der Waals surface area contributed by atoms with Gasteiger partial charge in [0.15, 0.2) is 35.9 Å². The van der Waals surface area contributed by atoms with Crippen molar-refractivity contribution in [2.45, 2.75) is 179 Å². The van der Waals surface area contributed by atoms with Gasteiger partial charge in [-0.2, -0.15) is 0 Å². The molecular weight excluding hydrogens is 1430 g/mol. The third-order valence-electron chi connectivity index (χ3n) is 19.4. The molecule has 6 aliphatic rings. The van der Waals surface area contributed by atoms with E-state index in [1.54, 1.807) is 55.5 Å². The van der Waals surface area contributed by atoms with E-state index in [1.807, 2.05) is 30.3 Å². The topological polar surface area (TPSA) is 603 Å². The second kappa shape index (κ2) is 36.9. The number of nitrogens with one attached hydrogen (secondary N) is 7. The van der Waals surface area contributed by atoms with Crippen LogP contribution in [0.1, 0.15) is 35.1 Å². The third kappa shape index (κ3) is 19.0. The number of rotatable bonds is 24. The summed E-state index contributed by atoms with van der Waals surface area (Å²) in [5.41, 5.74) is 14.3. The average molecular weight is 1520 g/mol. The third-order valence-corrected chi connectivity index (χ3v) is 19.4. The molecule has 24 N–H and O–H groups in total. The Labute approximate surface area is 616 Å². The van der Waals surface area contributed by atoms with E-state index in [-0.39, 0.29) is 37.0 Å². The van der Waals surface area contributed by atoms with Gasteiger partial charge in [0.05, 0.1) is 71.9 Å². The van der Waals surface area contributed by atoms with Gasteiger partial charge in [-0.3, -0.25) is 38.8 Å². The van der Waals surface area contributed by atoms with Crippen molar-refractivity contribution in [3.8, 4) is 17.2 Å². The van der Waals surface area contributed by atoms with Crippen LogP contribution in [0, 0.1) is 0 Å². The summed E-state index contributed by atoms with van der Waals surface area (Å²) in [5, 5.41) is 162. The van der Waals surface area contributed by atoms with Gasteiger partial charge >= 0.3 is 0 Å². The fourth-order valence-electron chi connectivity index (χ4n) is 13.2. The molecule has 0 radical (unpaired) electrons. The number of aliphatic hydroxyl groups is 13. The fraction of sp³-hybridized carbons (Fsp3) is 0.536. The zero-order chi connectivity index (χ0) is 77.8. The summed E-state index contributed by atoms with van der Waals surface area (Å²) in [6.07, 6.45) is -31.3. The standard InChI is InChI=1S/C69H92N12O27/c1-30(34-11-7-4-8-12-34)46-62(98)75-36(19-31-13-16-35(17-14-31)104-66-57(95)54(92)59(44(27-85)107-66)108-67-56(94)53(91)58(43(26-84)106-67)103-29-33-15-18-40(101-2)41(20-33)102-28-32-9-5-3-6-10-32)61(97)79-47(49(87)37-21-73-68(70)77-37)64(100)80-48(63(99)76-38(24-82)60(96)72-23-45(86)78-46)50(88)39-22-74-69(71)81(39)65-55(93)52(90)51(89)42(25-83)105-65/h3-18,20,30,36-39,42-44,46-59,65-67,82-85,87-95H,19,21-29H2,1-2H3,(H2,71,74)(H,72,96)(H,75,98)(H,76,99)(H,78,86)(H,79,97)(H,80,100)(H3,70,73,77)/t30?,36-,37?,38+,39?,42-,43-,44-,46+,47+,48-,49?,50?,51-,52+,53-,54-,55+,56+,57+,58-,59-,65+,66+,67-/m1/s1. The normalized spacial score (nSPS) is 33.4. The van der Waals surface area contributed by atoms with Crippen LogP contribution in [-0.2, 0) is 72.1 Å². The molecular formula is C69H92N12O27. The van der Waals surface area contributed by atoms with Gasteiger partial charge in [-0.05, 0) is 46.5 Å². The highest BCUT2D eigenvalue weighted by Gasteiger charge is 2.55. The summed E-state index contributed by atoms with van der Waals surface area (Å²) < 4.78 is 46.9. The number of nitrogens with two attached hydrogens (primary N) is 2. The maximum atomic E-state index is 15.2. The molecule has 6 amide bonds. The molecule has 6 aliphatic heterocycles. The fourth-order valence-corrected chi connectivity index (χ4v) is 13.2. The lowest BCUT2D eigenvalue weighted by molar-refractivity contribution is -0.355. The summed E-state index contributed by atoms with van der Waals surface area (Å²) in [4.78, 5) is 96.8. The van der Waals surface area contributed by atoms with Crippen LogP contribution in [0.3, 0.4) is 0 Å². The maximum absolute atomic E-state index is 15.2. The second-order valence-electron chi connectivity index (χ2n) is 26.6. The molecule has 39 nitrogen and oxygen atoms in total. The SMILES string of the molecule is COc1ccc(CO[C@H]2[C@H](O)[C@H](O)[C@@H](O[C@H]3[C@H](O)[C@H](O)[C@@H](Oc4ccc(C[C@H]5NC(=O)[C@H](C(C)c6ccccc6)NC(=O)CNC(=O)[C@H](CO)NC(=O)[C@@H](C(O)C6CN=C(N)N6[C@H]6O[C@H](CO)[C@@H](O)[C@H](O)[C@@H]6O)NC(=O)[C@H](C(O)C6CN=C(N)N6)NC5=O)cc4)O[C@@H]3CO)O[C@@H]2CO)cc1OCc1ccccc1. The number of aliphatic imine (C=N–C) groups is 2. The minimum atomic E-state index is -2.36. The van der Waals surface area contributed by atoms with Crippen molar-refractivity contribution in [3.63, 3.8) is 0 Å². The highest BCUT2D eigenvalue weighted by Crippen LogP contribution is 2.35. The molecule has 5 unspecified atom stereocenters. The summed E-state index contributed by atoms with van der Waals surface area (Å²) >= 11 is 0. The Kier molecular flexibility index (Phi) is 27.8. The minimum Gasteiger partial charge on any atom is -0.493 e. The van der Waals surface area contributed by atoms with E-state index in [4.69, 9.17) is 49.4 Å². The van der Waals surface area contributed by atoms with Gasteiger partial charge in [0.2, 0.25) is 41.7 Å². The number of aliphatic hydroxyl groups excluding tert-OH is 13. The number of benzene rings is 4. The molecule has 4 fully saturated rings. The maximum Gasteiger partial charge on any atom is 0.246 e. The lowest BCUT2D eigenvalue weighted by Gasteiger charge is -2.46. The molecule has 4 saturated heterocycles. The van der Waals surface area contributed by atoms with Crippen LogP contribution in [0.25, 0.3) is 0 Å². The van der Waals surface area contributed by atoms with Crippen molar-refractivity contribution in [1.82, 2.24) is 42.1 Å². The summed E-state index contributed by atoms with van der Waals surface area (Å²) in [5.74, 6) is -8.22. The zero-order valence-electron chi connectivity index (χ0n) is 58.3. The van der Waals surface area contributed by atoms with E-state index in [1.165, 1.54) is 31.4 Å². The van der Waals surface area contributed by atoms with E-state index in [9.17, 15) is 85.6 Å². The number of amides is 6. The minimum absolute atomic E-state index is 0.0768. The largest absolute Gasteiger partial charge is 0.493 e. The molecule has 25 atom stereocenters. The molecule has 0 bridgehead atoms. The van der Waals surface area contributed by atoms with Crippen LogP contribution in [-0.4, -0.2) is 318 Å². The predicted octanol–water partition coefficient (Wildman–Crippen LogP) is -9.80. The molecule has 39 heteroatoms. The summed E-state index contributed by atoms with van der Waals surface area (Å²) in [6.45, 7) is -3.90. The van der Waals surface area contributed by atoms with Crippen molar-refractivity contribution >= 4 is 47.4 Å². The highest BCUT2D eigenvalue weighted by atomic mass is 16.7. The van der Waals surface area contributed by atoms with Crippen molar-refractivity contribution in [3.05, 3.63) is 125 Å². The number of ether oxygens (including phenoxy) is 8. The van der Waals surface area contributed by atoms with Gasteiger partial charge in [0.25, 0.3) is 0 Å². The number of carbonyl (C=O) groups is 6. The first kappa shape index (κ1) is 81.4. The van der Waals surface area contributed by atoms with Gasteiger partial charge in [0.1, 0.15) is 128 Å². The molecule has 0 aromatic heterocycles. The number of hydrogen-bond acceptors (Lipinski definition) is 33. The van der Waals surface area contributed by atoms with Gasteiger partial charge in [-0.25, -0.2) is 0 Å². The number of nitrogens with zero attached hydrogens (tertiary/aromatic N) is 3. The highest BCUT2D eigenvalue weighted by molar-refractivity contribution is 5.98. The molecule has 0 aliphatic carbocycles. The van der Waals surface area contributed by atoms with Crippen molar-refractivity contribution in [1.29, 1.82) is 0 Å². The van der Waals surface area contributed by atoms with Crippen LogP contribution < -0.4 is 62.9 Å². The van der Waals surface area contributed by atoms with Crippen molar-refractivity contribution < 1.29 is 133 Å². The lowest BCUT2D eigenvalue weighted by atomic mass is 9.92. The molecule has 0 saturated carbocycles. The van der Waals surface area contributed by atoms with E-state index >= 15 is 9.59 Å². The Bertz CT molecular complexity index is 3760. The Balaban J connectivity index is 0.876. The van der Waals surface area contributed by atoms with Crippen molar-refractivity contribution in [2.24, 2.45) is 21.5 Å². The van der Waals surface area contributed by atoms with Crippen LogP contribution in [0.2, 0.25) is 0 Å². The predicted molar refractivity (Wildman–Crippen MR) is 369 cm³/mol. The molecule has 0 spiro atoms. The van der Waals surface area contributed by atoms with E-state index in [2.05, 4.69) is 47.2 Å². The van der Waals surface area contributed by atoms with E-state index in [0.717, 1.165) is 10.5 Å². The zero-order valence-corrected chi connectivity index (χ0v) is 58.3. The van der Waals surface area contributed by atoms with Crippen LogP contribution in [0.15, 0.2) is 113 Å². The number of carbonyl (C=O) groups excluding carboxylic acids is 6. The Morgan fingerprint density at radius 1 is 0.546 bits per heavy atom. The summed E-state index contributed by atoms with van der Waals surface area (Å²) in [7, 11) is 1.48. The van der Waals surface area contributed by atoms with Gasteiger partial charge < -0.3 is 158 Å². The van der Waals surface area contributed by atoms with E-state index in [0.29, 0.717) is 22.6 Å². The Morgan fingerprint density at radius 3 is 1.81 bits per heavy atom. The van der Waals surface area contributed by atoms with Gasteiger partial charge in [-0.1, -0.05) is 85.8 Å². The second-order valence-corrected chi connectivity index (χ2v) is 26.6. The molecule has 108 heavy (non-hydrogen) atoms. The lowest BCUT2D eigenvalue weighted by Crippen LogP contribution is -2.70. The molecule has 4 aromatic rings. The molecule has 4 aromatic carbocycles. The van der Waals surface area contributed by atoms with E-state index < -0.39 is 240 Å². The first-order valence-electron chi connectivity index (χ1n) is 34.6. The van der Waals surface area contributed by atoms with Crippen LogP contribution >= 0.6 is 0 Å². The Morgan fingerprint density at radius 2 is 1.15 bits per heavy atom. The average Bonchev–Trinajstić information content (AvgIpc) is 1.45. The Hall–Kier alpha value is -9.08.